The molecule has 0 saturated carbocycles. The van der Waals surface area contributed by atoms with Crippen LogP contribution in [0.25, 0.3) is 0 Å². The van der Waals surface area contributed by atoms with Crippen LogP contribution in [0.3, 0.4) is 0 Å². The van der Waals surface area contributed by atoms with Gasteiger partial charge in [0.25, 0.3) is 5.56 Å². The zero-order valence-electron chi connectivity index (χ0n) is 12.5. The molecule has 0 fully saturated rings. The minimum absolute atomic E-state index is 0.0871. The Hall–Kier alpha value is -0.290. The lowest BCUT2D eigenvalue weighted by Gasteiger charge is -2.03. The van der Waals surface area contributed by atoms with Crippen LogP contribution >= 0.6 is 27.7 Å². The number of nitrogens with zero attached hydrogens (tertiary/aromatic N) is 1. The maximum atomic E-state index is 11.6. The van der Waals surface area contributed by atoms with Crippen molar-refractivity contribution in [1.29, 1.82) is 0 Å². The summed E-state index contributed by atoms with van der Waals surface area (Å²) in [6.07, 6.45) is 10.6. The van der Waals surface area contributed by atoms with Crippen molar-refractivity contribution in [3.63, 3.8) is 0 Å². The Balaban J connectivity index is 2.11. The van der Waals surface area contributed by atoms with Gasteiger partial charge in [0, 0.05) is 5.75 Å². The van der Waals surface area contributed by atoms with Crippen LogP contribution in [0.2, 0.25) is 0 Å². The molecule has 0 bridgehead atoms. The first kappa shape index (κ1) is 17.8. The molecule has 0 saturated heterocycles. The van der Waals surface area contributed by atoms with Crippen LogP contribution in [-0.4, -0.2) is 15.7 Å². The molecule has 0 radical (unpaired) electrons. The number of halogens is 1. The first-order chi connectivity index (χ1) is 9.65. The summed E-state index contributed by atoms with van der Waals surface area (Å²) in [6, 6.07) is 0. The van der Waals surface area contributed by atoms with E-state index in [9.17, 15) is 4.79 Å². The number of hydrogen-bond acceptors (Lipinski definition) is 3. The lowest BCUT2D eigenvalue weighted by molar-refractivity contribution is 0.586. The third kappa shape index (κ3) is 6.93. The largest absolute Gasteiger partial charge is 0.300 e. The molecule has 1 aromatic heterocycles. The summed E-state index contributed by atoms with van der Waals surface area (Å²) < 4.78 is 0.536. The third-order valence-corrected chi connectivity index (χ3v) is 5.14. The van der Waals surface area contributed by atoms with Gasteiger partial charge in [-0.2, -0.15) is 0 Å². The fourth-order valence-corrected chi connectivity index (χ4v) is 3.11. The van der Waals surface area contributed by atoms with Gasteiger partial charge >= 0.3 is 0 Å². The summed E-state index contributed by atoms with van der Waals surface area (Å²) in [7, 11) is 0. The number of hydrogen-bond donors (Lipinski definition) is 1. The number of aromatic nitrogens is 2. The normalized spacial score (nSPS) is 10.9. The van der Waals surface area contributed by atoms with Crippen LogP contribution in [0.5, 0.6) is 0 Å². The number of nitrogens with one attached hydrogen (secondary N) is 1. The summed E-state index contributed by atoms with van der Waals surface area (Å²) in [5.41, 5.74) is 0.670. The van der Waals surface area contributed by atoms with Gasteiger partial charge in [-0.05, 0) is 29.3 Å². The molecule has 1 rings (SSSR count). The highest BCUT2D eigenvalue weighted by molar-refractivity contribution is 9.10. The van der Waals surface area contributed by atoms with Crippen molar-refractivity contribution in [2.75, 3.05) is 5.75 Å². The fourth-order valence-electron chi connectivity index (χ4n) is 2.02. The highest BCUT2D eigenvalue weighted by Crippen LogP contribution is 2.17. The minimum atomic E-state index is -0.0871. The number of aryl methyl sites for hydroxylation is 1. The van der Waals surface area contributed by atoms with Crippen molar-refractivity contribution in [3.8, 4) is 0 Å². The van der Waals surface area contributed by atoms with Crippen LogP contribution in [0.15, 0.2) is 14.4 Å². The van der Waals surface area contributed by atoms with Crippen molar-refractivity contribution in [3.05, 3.63) is 20.5 Å². The number of unbranched alkanes of at least 4 members (excludes halogenated alkanes) is 7. The van der Waals surface area contributed by atoms with Gasteiger partial charge in [0.05, 0.1) is 5.69 Å². The van der Waals surface area contributed by atoms with Gasteiger partial charge < -0.3 is 4.98 Å². The zero-order valence-corrected chi connectivity index (χ0v) is 14.9. The van der Waals surface area contributed by atoms with E-state index in [-0.39, 0.29) is 5.56 Å². The summed E-state index contributed by atoms with van der Waals surface area (Å²) in [5.74, 6) is 1.03. The van der Waals surface area contributed by atoms with Gasteiger partial charge in [0.15, 0.2) is 5.16 Å². The molecule has 0 amide bonds. The lowest BCUT2D eigenvalue weighted by atomic mass is 10.1. The lowest BCUT2D eigenvalue weighted by Crippen LogP contribution is -2.11. The van der Waals surface area contributed by atoms with E-state index in [1.807, 2.05) is 6.92 Å². The molecule has 20 heavy (non-hydrogen) atoms. The predicted molar refractivity (Wildman–Crippen MR) is 90.6 cm³/mol. The molecule has 0 aliphatic carbocycles. The maximum absolute atomic E-state index is 11.6. The first-order valence-corrected chi connectivity index (χ1v) is 9.32. The Labute approximate surface area is 134 Å². The van der Waals surface area contributed by atoms with E-state index in [2.05, 4.69) is 32.8 Å². The van der Waals surface area contributed by atoms with E-state index in [0.29, 0.717) is 4.47 Å². The highest BCUT2D eigenvalue weighted by atomic mass is 79.9. The van der Waals surface area contributed by atoms with Crippen LogP contribution in [-0.2, 0) is 0 Å². The standard InChI is InChI=1S/C15H25BrN2OS/c1-3-4-5-6-7-8-9-10-11-20-15-17-12(2)13(16)14(19)18-15/h3-11H2,1-2H3,(H,17,18,19). The van der Waals surface area contributed by atoms with Crippen molar-refractivity contribution < 1.29 is 0 Å². The molecule has 0 aliphatic heterocycles. The van der Waals surface area contributed by atoms with Gasteiger partial charge in [-0.3, -0.25) is 4.79 Å². The van der Waals surface area contributed by atoms with Crippen LogP contribution in [0, 0.1) is 6.92 Å². The predicted octanol–water partition coefficient (Wildman–Crippen LogP) is 5.07. The zero-order chi connectivity index (χ0) is 14.8. The minimum Gasteiger partial charge on any atom is -0.300 e. The first-order valence-electron chi connectivity index (χ1n) is 7.54. The summed E-state index contributed by atoms with van der Waals surface area (Å²) in [6.45, 7) is 4.10. The van der Waals surface area contributed by atoms with Gasteiger partial charge in [-0.1, -0.05) is 63.6 Å². The summed E-state index contributed by atoms with van der Waals surface area (Å²) in [5, 5.41) is 0.735. The van der Waals surface area contributed by atoms with E-state index in [1.165, 1.54) is 51.4 Å². The SMILES string of the molecule is CCCCCCCCCCSc1nc(C)c(Br)c(=O)[nH]1. The van der Waals surface area contributed by atoms with Crippen molar-refractivity contribution in [1.82, 2.24) is 9.97 Å². The molecule has 0 atom stereocenters. The Morgan fingerprint density at radius 1 is 1.10 bits per heavy atom. The summed E-state index contributed by atoms with van der Waals surface area (Å²) >= 11 is 4.87. The van der Waals surface area contributed by atoms with Crippen LogP contribution in [0.4, 0.5) is 0 Å². The van der Waals surface area contributed by atoms with Crippen molar-refractivity contribution in [2.24, 2.45) is 0 Å². The second kappa shape index (κ2) is 10.4. The Morgan fingerprint density at radius 2 is 1.70 bits per heavy atom. The number of rotatable bonds is 10. The van der Waals surface area contributed by atoms with E-state index in [0.717, 1.165) is 16.6 Å². The second-order valence-electron chi connectivity index (χ2n) is 5.09. The van der Waals surface area contributed by atoms with E-state index in [4.69, 9.17) is 0 Å². The molecule has 0 aliphatic rings. The van der Waals surface area contributed by atoms with E-state index >= 15 is 0 Å². The van der Waals surface area contributed by atoms with Gasteiger partial charge in [0.1, 0.15) is 4.47 Å². The van der Waals surface area contributed by atoms with Gasteiger partial charge in [-0.15, -0.1) is 0 Å². The van der Waals surface area contributed by atoms with Crippen LogP contribution < -0.4 is 5.56 Å². The average molecular weight is 361 g/mol. The molecule has 0 aromatic carbocycles. The second-order valence-corrected chi connectivity index (χ2v) is 6.97. The number of aromatic amines is 1. The number of thioether (sulfide) groups is 1. The smallest absolute Gasteiger partial charge is 0.266 e. The molecular formula is C15H25BrN2OS. The Kier molecular flexibility index (Phi) is 9.27. The van der Waals surface area contributed by atoms with Gasteiger partial charge in [0.2, 0.25) is 0 Å². The fraction of sp³-hybridized carbons (Fsp3) is 0.733. The average Bonchev–Trinajstić information content (AvgIpc) is 2.43. The Morgan fingerprint density at radius 3 is 2.30 bits per heavy atom. The van der Waals surface area contributed by atoms with Gasteiger partial charge in [-0.25, -0.2) is 4.98 Å². The van der Waals surface area contributed by atoms with Crippen LogP contribution in [0.1, 0.15) is 64.0 Å². The highest BCUT2D eigenvalue weighted by Gasteiger charge is 2.05. The van der Waals surface area contributed by atoms with Crippen molar-refractivity contribution >= 4 is 27.7 Å². The summed E-state index contributed by atoms with van der Waals surface area (Å²) in [4.78, 5) is 18.7. The molecular weight excluding hydrogens is 336 g/mol. The molecule has 3 nitrogen and oxygen atoms in total. The van der Waals surface area contributed by atoms with E-state index in [1.54, 1.807) is 11.8 Å². The third-order valence-electron chi connectivity index (χ3n) is 3.24. The van der Waals surface area contributed by atoms with Crippen molar-refractivity contribution in [2.45, 2.75) is 70.4 Å². The molecule has 1 aromatic rings. The molecule has 1 N–H and O–H groups in total. The monoisotopic (exact) mass is 360 g/mol. The van der Waals surface area contributed by atoms with E-state index < -0.39 is 0 Å². The molecule has 0 spiro atoms. The topological polar surface area (TPSA) is 45.8 Å². The molecule has 5 heteroatoms. The molecule has 0 unspecified atom stereocenters. The number of H-pyrrole nitrogens is 1. The maximum Gasteiger partial charge on any atom is 0.266 e. The molecule has 1 heterocycles. The quantitative estimate of drug-likeness (QED) is 0.359. The molecule has 114 valence electrons. The Bertz CT molecular complexity index is 448.